The molecule has 0 radical (unpaired) electrons. The van der Waals surface area contributed by atoms with Gasteiger partial charge < -0.3 is 20.1 Å². The van der Waals surface area contributed by atoms with Gasteiger partial charge in [-0.1, -0.05) is 60.7 Å². The molecule has 38 heavy (non-hydrogen) atoms. The Morgan fingerprint density at radius 1 is 0.816 bits per heavy atom. The largest absolute Gasteiger partial charge is 0.449 e. The van der Waals surface area contributed by atoms with E-state index in [1.54, 1.807) is 0 Å². The van der Waals surface area contributed by atoms with Crippen molar-refractivity contribution in [1.82, 2.24) is 20.0 Å². The monoisotopic (exact) mass is 522 g/mol. The van der Waals surface area contributed by atoms with E-state index in [9.17, 15) is 4.79 Å². The summed E-state index contributed by atoms with van der Waals surface area (Å²) in [5, 5.41) is 12.6. The lowest BCUT2D eigenvalue weighted by atomic mass is 9.82. The smallest absolute Gasteiger partial charge is 0.409 e. The van der Waals surface area contributed by atoms with Crippen LogP contribution in [0.1, 0.15) is 49.7 Å². The number of carbonyl (C=O) groups is 1. The fourth-order valence-corrected chi connectivity index (χ4v) is 6.16. The number of hydrogen-bond acceptors (Lipinski definition) is 6. The number of piperidine rings is 2. The van der Waals surface area contributed by atoms with E-state index >= 15 is 0 Å². The molecule has 3 aliphatic heterocycles. The van der Waals surface area contributed by atoms with Crippen LogP contribution >= 0.6 is 0 Å². The Morgan fingerprint density at radius 2 is 1.32 bits per heavy atom. The van der Waals surface area contributed by atoms with E-state index in [1.165, 1.54) is 11.1 Å². The summed E-state index contributed by atoms with van der Waals surface area (Å²) in [6, 6.07) is 21.2. The first-order valence-electron chi connectivity index (χ1n) is 14.2. The highest BCUT2D eigenvalue weighted by molar-refractivity contribution is 5.69. The third kappa shape index (κ3) is 7.35. The number of cyclic esters (lactones) is 1. The van der Waals surface area contributed by atoms with E-state index in [-0.39, 0.29) is 23.8 Å². The molecule has 3 fully saturated rings. The molecule has 7 nitrogen and oxygen atoms in total. The molecular formula is C31H46N4O3. The van der Waals surface area contributed by atoms with Gasteiger partial charge >= 0.3 is 6.09 Å². The number of ether oxygens (including phenoxy) is 1. The molecular weight excluding hydrogens is 476 g/mol. The lowest BCUT2D eigenvalue weighted by Gasteiger charge is -2.49. The highest BCUT2D eigenvalue weighted by atomic mass is 16.6. The minimum absolute atomic E-state index is 0.0303. The number of amides is 1. The molecule has 1 spiro atoms. The van der Waals surface area contributed by atoms with E-state index in [2.05, 4.69) is 75.8 Å². The Balaban J connectivity index is 0.000000178. The maximum Gasteiger partial charge on any atom is 0.409 e. The van der Waals surface area contributed by atoms with Crippen LogP contribution in [0.5, 0.6) is 0 Å². The van der Waals surface area contributed by atoms with Gasteiger partial charge in [0.05, 0.1) is 12.1 Å². The van der Waals surface area contributed by atoms with Crippen LogP contribution in [-0.4, -0.2) is 90.5 Å². The van der Waals surface area contributed by atoms with Crippen molar-refractivity contribution in [2.24, 2.45) is 0 Å². The summed E-state index contributed by atoms with van der Waals surface area (Å²) < 4.78 is 5.11. The normalized spacial score (nSPS) is 21.4. The van der Waals surface area contributed by atoms with Crippen LogP contribution in [0.3, 0.4) is 0 Å². The Kier molecular flexibility index (Phi) is 10.2. The zero-order valence-electron chi connectivity index (χ0n) is 23.3. The summed E-state index contributed by atoms with van der Waals surface area (Å²) >= 11 is 0. The first kappa shape index (κ1) is 28.6. The van der Waals surface area contributed by atoms with Crippen molar-refractivity contribution in [3.05, 3.63) is 71.8 Å². The Bertz CT molecular complexity index is 971. The minimum atomic E-state index is -0.159. The highest BCUT2D eigenvalue weighted by Gasteiger charge is 2.43. The van der Waals surface area contributed by atoms with Gasteiger partial charge in [-0.2, -0.15) is 0 Å². The van der Waals surface area contributed by atoms with Crippen LogP contribution in [0.25, 0.3) is 0 Å². The average molecular weight is 523 g/mol. The lowest BCUT2D eigenvalue weighted by molar-refractivity contribution is -0.0243. The van der Waals surface area contributed by atoms with Gasteiger partial charge in [0.25, 0.3) is 0 Å². The molecule has 0 saturated carbocycles. The van der Waals surface area contributed by atoms with Gasteiger partial charge in [-0.15, -0.1) is 0 Å². The maximum absolute atomic E-state index is 11.7. The molecule has 3 heterocycles. The zero-order chi connectivity index (χ0) is 26.8. The number of likely N-dealkylation sites (tertiary alicyclic amines) is 2. The van der Waals surface area contributed by atoms with Crippen LogP contribution in [0, 0.1) is 0 Å². The Hall–Kier alpha value is -2.45. The average Bonchev–Trinajstić information content (AvgIpc) is 2.96. The lowest BCUT2D eigenvalue weighted by Crippen LogP contribution is -2.58. The summed E-state index contributed by atoms with van der Waals surface area (Å²) in [6.07, 6.45) is 6.01. The van der Waals surface area contributed by atoms with E-state index < -0.39 is 0 Å². The van der Waals surface area contributed by atoms with Crippen LogP contribution in [0.15, 0.2) is 60.7 Å². The molecule has 5 rings (SSSR count). The number of aliphatic hydroxyl groups is 1. The van der Waals surface area contributed by atoms with Crippen molar-refractivity contribution in [2.45, 2.75) is 62.7 Å². The van der Waals surface area contributed by atoms with Crippen LogP contribution in [0.2, 0.25) is 0 Å². The maximum atomic E-state index is 11.7. The molecule has 3 aliphatic rings. The first-order chi connectivity index (χ1) is 18.5. The first-order valence-corrected chi connectivity index (χ1v) is 14.2. The van der Waals surface area contributed by atoms with E-state index in [0.717, 1.165) is 77.8 Å². The van der Waals surface area contributed by atoms with Gasteiger partial charge in [0.1, 0.15) is 0 Å². The van der Waals surface area contributed by atoms with Crippen molar-refractivity contribution >= 4 is 6.09 Å². The van der Waals surface area contributed by atoms with Gasteiger partial charge in [0.2, 0.25) is 0 Å². The molecule has 2 N–H and O–H groups in total. The number of nitrogens with one attached hydrogen (secondary N) is 1. The van der Waals surface area contributed by atoms with E-state index in [4.69, 9.17) is 9.84 Å². The number of carbonyl (C=O) groups excluding carboxylic acids is 1. The number of nitrogens with zero attached hydrogens (tertiary/aromatic N) is 3. The number of hydrogen-bond donors (Lipinski definition) is 2. The molecule has 208 valence electrons. The molecule has 2 aromatic carbocycles. The second-order valence-electron chi connectivity index (χ2n) is 11.2. The number of benzene rings is 2. The quantitative estimate of drug-likeness (QED) is 0.570. The van der Waals surface area contributed by atoms with Crippen LogP contribution in [0.4, 0.5) is 4.79 Å². The standard InChI is InChI=1S/C16H22N2O2.C15H24N2O/c1-17-15(19)20-12-9-16(17)7-10-18(11-8-16)13-14-5-3-2-4-6-14;1-16-15(9-12-18)7-10-17(11-8-15)13-14-5-3-2-4-6-14/h2-6H,7-13H2,1H3;2-6,16,18H,7-13H2,1H3. The van der Waals surface area contributed by atoms with E-state index in [1.807, 2.05) is 19.0 Å². The molecule has 0 atom stereocenters. The second kappa shape index (κ2) is 13.6. The van der Waals surface area contributed by atoms with Crippen molar-refractivity contribution in [3.63, 3.8) is 0 Å². The Morgan fingerprint density at radius 3 is 1.79 bits per heavy atom. The molecule has 2 aromatic rings. The van der Waals surface area contributed by atoms with E-state index in [0.29, 0.717) is 6.61 Å². The third-order valence-corrected chi connectivity index (χ3v) is 9.00. The molecule has 0 bridgehead atoms. The molecule has 0 aliphatic carbocycles. The fraction of sp³-hybridized carbons (Fsp3) is 0.581. The molecule has 3 saturated heterocycles. The fourth-order valence-electron chi connectivity index (χ4n) is 6.16. The van der Waals surface area contributed by atoms with Crippen molar-refractivity contribution in [3.8, 4) is 0 Å². The van der Waals surface area contributed by atoms with Gasteiger partial charge in [-0.05, 0) is 50.3 Å². The molecule has 0 aromatic heterocycles. The molecule has 1 amide bonds. The predicted molar refractivity (Wildman–Crippen MR) is 152 cm³/mol. The van der Waals surface area contributed by atoms with Crippen molar-refractivity contribution in [1.29, 1.82) is 0 Å². The van der Waals surface area contributed by atoms with Crippen LogP contribution < -0.4 is 5.32 Å². The van der Waals surface area contributed by atoms with Crippen molar-refractivity contribution in [2.75, 3.05) is 53.5 Å². The van der Waals surface area contributed by atoms with Gasteiger partial charge in [-0.25, -0.2) is 4.79 Å². The summed E-state index contributed by atoms with van der Waals surface area (Å²) in [5.41, 5.74) is 2.93. The number of aliphatic hydroxyl groups excluding tert-OH is 1. The van der Waals surface area contributed by atoms with Gasteiger partial charge in [-0.3, -0.25) is 9.80 Å². The predicted octanol–water partition coefficient (Wildman–Crippen LogP) is 4.12. The summed E-state index contributed by atoms with van der Waals surface area (Å²) in [5.74, 6) is 0. The highest BCUT2D eigenvalue weighted by Crippen LogP contribution is 2.35. The SMILES string of the molecule is CN1C(=O)OCCC12CCN(Cc1ccccc1)CC2.CNC1(CCO)CCN(Cc2ccccc2)CC1. The summed E-state index contributed by atoms with van der Waals surface area (Å²) in [4.78, 5) is 18.5. The second-order valence-corrected chi connectivity index (χ2v) is 11.2. The molecule has 7 heteroatoms. The Labute approximate surface area is 228 Å². The van der Waals surface area contributed by atoms with Gasteiger partial charge in [0, 0.05) is 64.9 Å². The number of rotatable bonds is 7. The van der Waals surface area contributed by atoms with Crippen LogP contribution in [-0.2, 0) is 17.8 Å². The summed E-state index contributed by atoms with van der Waals surface area (Å²) in [7, 11) is 3.90. The summed E-state index contributed by atoms with van der Waals surface area (Å²) in [6.45, 7) is 7.21. The topological polar surface area (TPSA) is 68.3 Å². The molecule has 0 unspecified atom stereocenters. The third-order valence-electron chi connectivity index (χ3n) is 9.00. The minimum Gasteiger partial charge on any atom is -0.449 e. The zero-order valence-corrected chi connectivity index (χ0v) is 23.3. The van der Waals surface area contributed by atoms with Gasteiger partial charge in [0.15, 0.2) is 0 Å². The van der Waals surface area contributed by atoms with Crippen molar-refractivity contribution < 1.29 is 14.6 Å².